The lowest BCUT2D eigenvalue weighted by atomic mass is 10.5. The van der Waals surface area contributed by atoms with Crippen molar-refractivity contribution in [3.63, 3.8) is 0 Å². The zero-order valence-electron chi connectivity index (χ0n) is 38.5. The summed E-state index contributed by atoms with van der Waals surface area (Å²) in [6.07, 6.45) is 0.279. The Kier molecular flexibility index (Phi) is 35.5. The van der Waals surface area contributed by atoms with Crippen molar-refractivity contribution in [2.45, 2.75) is 32.1 Å². The normalized spacial score (nSPS) is 11.6. The summed E-state index contributed by atoms with van der Waals surface area (Å²) in [6, 6.07) is 0.103. The van der Waals surface area contributed by atoms with Gasteiger partial charge in [0.05, 0.1) is 0 Å². The number of hydrogen-bond acceptors (Lipinski definition) is 35. The highest BCUT2D eigenvalue weighted by atomic mass is 30.1. The molecule has 35 nitrogen and oxygen atoms in total. The largest absolute Gasteiger partial charge is 0.561 e. The zero-order valence-corrected chi connectivity index (χ0v) is 72.3. The molecule has 1 atom stereocenters. The maximum atomic E-state index is 12.8. The van der Waals surface area contributed by atoms with Gasteiger partial charge >= 0.3 is 242 Å². The summed E-state index contributed by atoms with van der Waals surface area (Å²) >= 11 is 0. The van der Waals surface area contributed by atoms with Crippen molar-refractivity contribution in [2.75, 3.05) is 20.8 Å². The van der Waals surface area contributed by atoms with E-state index >= 15 is 0 Å². The van der Waals surface area contributed by atoms with Gasteiger partial charge in [-0.2, -0.15) is 0 Å². The van der Waals surface area contributed by atoms with Crippen LogP contribution in [0, 0.1) is 0 Å². The predicted molar refractivity (Wildman–Crippen MR) is 269 cm³/mol. The zero-order chi connectivity index (χ0) is 59.8. The molecule has 0 aromatic carbocycles. The third-order valence-corrected chi connectivity index (χ3v) is 241. The molecule has 76 heavy (non-hydrogen) atoms. The van der Waals surface area contributed by atoms with Crippen molar-refractivity contribution in [3.05, 3.63) is 0 Å². The highest BCUT2D eigenvalue weighted by molar-refractivity contribution is 7.84. The standard InChI is InChI=1S/C8H27NO34Si33/c1-39-44-46(10)42-75(3,4)41-45-48(12)50(14)52(16)54(18)56(20)58(22)60(24)62(26)64(28)66(30)68(32)70(34)72(36)74(38)73(37)71(35)69(33)67(31)65(29)63(27)61(25)59(23)57(21)55(19)53(17)51(15)49(13)47(11)43-76(5,40-2)8-6-7-9/h6-9,44-45H2,1-5H3. The second-order valence-corrected chi connectivity index (χ2v) is 164. The summed E-state index contributed by atoms with van der Waals surface area (Å²) in [6.45, 7) is 4.23. The van der Waals surface area contributed by atoms with Crippen molar-refractivity contribution < 1.29 is 151 Å². The molecule has 0 rings (SSSR count). The molecule has 0 radical (unpaired) electrons. The second-order valence-electron chi connectivity index (χ2n) is 14.2. The van der Waals surface area contributed by atoms with Crippen LogP contribution in [0.25, 0.3) is 0 Å². The van der Waals surface area contributed by atoms with E-state index in [9.17, 15) is 129 Å². The molecule has 68 heteroatoms. The summed E-state index contributed by atoms with van der Waals surface area (Å²) in [5, 5.41) is 0. The van der Waals surface area contributed by atoms with Crippen LogP contribution in [-0.2, 0) is 151 Å². The SMILES string of the molecule is CO[SiH2][Si](=O)O[Si](C)(C)O[SiH2][Si](=O)[Si](=O)[Si](=O)[Si](=O)[Si](=O)[Si](=O)[Si](=O)[Si](=O)[Si](=O)[Si](=O)[Si](=O)[Si](=O)[Si](=O)[Si](=O)[Si](=O)[Si](=O)[Si](=O)[Si](=O)[Si](=O)[Si](=O)[Si](=O)[Si](=O)[Si](=O)[Si](=O)[Si](=O)[Si](=O)[Si](=O)[Si](=O)O[Si](C)(CCCN)OC. The van der Waals surface area contributed by atoms with Crippen LogP contribution >= 0.6 is 0 Å². The lowest BCUT2D eigenvalue weighted by molar-refractivity contribution is 0.297. The van der Waals surface area contributed by atoms with Gasteiger partial charge in [0.25, 0.3) is 9.28 Å². The number of hydrogen-bond donors (Lipinski definition) is 1. The molecule has 0 aromatic rings. The summed E-state index contributed by atoms with van der Waals surface area (Å²) < 4.78 is 394. The van der Waals surface area contributed by atoms with Gasteiger partial charge in [-0.1, -0.05) is 0 Å². The average Bonchev–Trinajstić information content (AvgIpc) is 3.39. The lowest BCUT2D eigenvalue weighted by Crippen LogP contribution is -2.57. The minimum Gasteiger partial charge on any atom is -0.561 e. The third-order valence-electron chi connectivity index (χ3n) is 8.34. The van der Waals surface area contributed by atoms with Crippen LogP contribution in [0.1, 0.15) is 6.42 Å². The van der Waals surface area contributed by atoms with E-state index in [1.807, 2.05) is 0 Å². The summed E-state index contributed by atoms with van der Waals surface area (Å²) in [5.74, 6) is 0. The molecule has 0 amide bonds. The van der Waals surface area contributed by atoms with E-state index in [2.05, 4.69) is 0 Å². The van der Waals surface area contributed by atoms with E-state index in [4.69, 9.17) is 26.9 Å². The van der Waals surface area contributed by atoms with Gasteiger partial charge in [0, 0.05) is 20.3 Å². The molecule has 0 aliphatic rings. The maximum absolute atomic E-state index is 12.8. The highest BCUT2D eigenvalue weighted by Gasteiger charge is 2.58. The molecule has 0 saturated heterocycles. The Hall–Kier alpha value is 0.797. The molecular weight excluding hydrogens is 1580 g/mol. The molecular formula is C8H27NO34Si33. The lowest BCUT2D eigenvalue weighted by Gasteiger charge is -2.24. The van der Waals surface area contributed by atoms with Crippen molar-refractivity contribution in [1.82, 2.24) is 0 Å². The van der Waals surface area contributed by atoms with Crippen molar-refractivity contribution in [3.8, 4) is 0 Å². The van der Waals surface area contributed by atoms with Gasteiger partial charge in [-0.3, -0.25) is 0 Å². The molecule has 0 aromatic heterocycles. The monoisotopic (exact) mass is 1600 g/mol. The van der Waals surface area contributed by atoms with Gasteiger partial charge in [-0.05, 0) is 32.6 Å². The quantitative estimate of drug-likeness (QED) is 0.0557. The van der Waals surface area contributed by atoms with Crippen molar-refractivity contribution in [2.24, 2.45) is 5.73 Å². The van der Waals surface area contributed by atoms with E-state index in [1.165, 1.54) is 26.8 Å². The first-order chi connectivity index (χ1) is 34.8. The first kappa shape index (κ1) is 76.8. The fraction of sp³-hybridized carbons (Fsp3) is 1.00. The van der Waals surface area contributed by atoms with E-state index in [1.54, 1.807) is 0 Å². The summed E-state index contributed by atoms with van der Waals surface area (Å²) in [5.41, 5.74) is 5.40. The van der Waals surface area contributed by atoms with Crippen LogP contribution < -0.4 is 5.73 Å². The van der Waals surface area contributed by atoms with Gasteiger partial charge in [0.15, 0.2) is 0 Å². The predicted octanol–water partition coefficient (Wildman–Crippen LogP) is -15.0. The van der Waals surface area contributed by atoms with Gasteiger partial charge in [-0.25, -0.2) is 0 Å². The van der Waals surface area contributed by atoms with Crippen LogP contribution in [0.5, 0.6) is 0 Å². The molecule has 1 unspecified atom stereocenters. The molecule has 0 bridgehead atoms. The van der Waals surface area contributed by atoms with Gasteiger partial charge in [0.1, 0.15) is 0 Å². The second kappa shape index (κ2) is 35.2. The molecule has 0 heterocycles. The maximum Gasteiger partial charge on any atom is 0.533 e. The summed E-state index contributed by atoms with van der Waals surface area (Å²) in [7, 11) is -135. The van der Waals surface area contributed by atoms with E-state index in [-0.39, 0.29) is 19.0 Å². The Balaban J connectivity index is 5.83. The fourth-order valence-corrected chi connectivity index (χ4v) is 346. The van der Waals surface area contributed by atoms with Gasteiger partial charge < -0.3 is 156 Å². The molecule has 2 N–H and O–H groups in total. The Labute approximate surface area is 465 Å². The summed E-state index contributed by atoms with van der Waals surface area (Å²) in [4.78, 5) is 0. The molecule has 0 saturated carbocycles. The molecule has 0 aliphatic heterocycles. The Bertz CT molecular complexity index is 2980. The minimum absolute atomic E-state index is 0.103. The van der Waals surface area contributed by atoms with Gasteiger partial charge in [-0.15, -0.1) is 0 Å². The van der Waals surface area contributed by atoms with E-state index in [0.29, 0.717) is 0 Å². The van der Waals surface area contributed by atoms with E-state index < -0.39 is 261 Å². The Morgan fingerprint density at radius 3 is 0.803 bits per heavy atom. The smallest absolute Gasteiger partial charge is 0.533 e. The fourth-order valence-electron chi connectivity index (χ4n) is 4.31. The Morgan fingerprint density at radius 1 is 0.342 bits per heavy atom. The first-order valence-electron chi connectivity index (χ1n) is 19.3. The van der Waals surface area contributed by atoms with Crippen LogP contribution in [0.4, 0.5) is 0 Å². The molecule has 0 fully saturated rings. The van der Waals surface area contributed by atoms with E-state index in [0.717, 1.165) is 7.11 Å². The Morgan fingerprint density at radius 2 is 0.579 bits per heavy atom. The molecule has 400 valence electrons. The van der Waals surface area contributed by atoms with Crippen LogP contribution in [-0.4, -0.2) is 282 Å². The van der Waals surface area contributed by atoms with Gasteiger partial charge in [0.2, 0.25) is 9.28 Å². The van der Waals surface area contributed by atoms with Crippen molar-refractivity contribution >= 4 is 261 Å². The van der Waals surface area contributed by atoms with Crippen LogP contribution in [0.15, 0.2) is 0 Å². The van der Waals surface area contributed by atoms with Crippen LogP contribution in [0.3, 0.4) is 0 Å². The average molecular weight is 1610 g/mol. The molecule has 0 aliphatic carbocycles. The number of nitrogens with two attached hydrogens (primary N) is 1. The third kappa shape index (κ3) is 22.1. The van der Waals surface area contributed by atoms with Crippen LogP contribution in [0.2, 0.25) is 25.7 Å². The van der Waals surface area contributed by atoms with Crippen molar-refractivity contribution in [1.29, 1.82) is 0 Å². The first-order valence-corrected chi connectivity index (χ1v) is 98.1. The number of rotatable bonds is 40. The molecule has 0 spiro atoms. The topological polar surface area (TPSA) is 567 Å². The minimum atomic E-state index is -4.71. The highest BCUT2D eigenvalue weighted by Crippen LogP contribution is 2.14.